The van der Waals surface area contributed by atoms with E-state index in [1.54, 1.807) is 30.3 Å². The highest BCUT2D eigenvalue weighted by Crippen LogP contribution is 2.36. The first-order chi connectivity index (χ1) is 17.0. The van der Waals surface area contributed by atoms with Gasteiger partial charge in [-0.1, -0.05) is 71.7 Å². The van der Waals surface area contributed by atoms with Gasteiger partial charge in [0.2, 0.25) is 0 Å². The summed E-state index contributed by atoms with van der Waals surface area (Å²) >= 11 is 13.6. The number of benzene rings is 4. The number of halogens is 2. The zero-order chi connectivity index (χ0) is 24.4. The van der Waals surface area contributed by atoms with E-state index in [-0.39, 0.29) is 0 Å². The van der Waals surface area contributed by atoms with Crippen molar-refractivity contribution in [3.63, 3.8) is 0 Å². The second-order valence-electron chi connectivity index (χ2n) is 7.54. The number of thiophene rings is 1. The third kappa shape index (κ3) is 4.77. The standard InChI is InChI=1S/C27H16Cl2N2O3S/c28-18-12-9-17(10-13-18)26(32)31-30-15-21-19-6-2-1-5-16(19)11-14-22(21)34-27(33)25-24(29)20-7-3-4-8-23(20)35-25/h1-15H,(H,31,32)/b30-15-. The first-order valence-corrected chi connectivity index (χ1v) is 12.1. The molecule has 1 amide bonds. The summed E-state index contributed by atoms with van der Waals surface area (Å²) in [4.78, 5) is 25.8. The molecule has 0 unspecified atom stereocenters. The fourth-order valence-electron chi connectivity index (χ4n) is 3.61. The van der Waals surface area contributed by atoms with E-state index in [4.69, 9.17) is 27.9 Å². The number of fused-ring (bicyclic) bond motifs is 2. The molecule has 0 fully saturated rings. The molecule has 5 nitrogen and oxygen atoms in total. The third-order valence-electron chi connectivity index (χ3n) is 5.32. The Labute approximate surface area is 214 Å². The Morgan fingerprint density at radius 3 is 2.34 bits per heavy atom. The third-order valence-corrected chi connectivity index (χ3v) is 7.23. The van der Waals surface area contributed by atoms with Gasteiger partial charge >= 0.3 is 5.97 Å². The molecule has 0 saturated heterocycles. The number of carbonyl (C=O) groups excluding carboxylic acids is 2. The summed E-state index contributed by atoms with van der Waals surface area (Å²) in [7, 11) is 0. The van der Waals surface area contributed by atoms with Crippen molar-refractivity contribution in [1.82, 2.24) is 5.43 Å². The van der Waals surface area contributed by atoms with Crippen molar-refractivity contribution in [1.29, 1.82) is 0 Å². The second-order valence-corrected chi connectivity index (χ2v) is 9.40. The van der Waals surface area contributed by atoms with Crippen molar-refractivity contribution >= 4 is 73.5 Å². The molecule has 5 aromatic rings. The predicted molar refractivity (Wildman–Crippen MR) is 142 cm³/mol. The molecule has 4 aromatic carbocycles. The topological polar surface area (TPSA) is 67.8 Å². The summed E-state index contributed by atoms with van der Waals surface area (Å²) in [5, 5.41) is 7.55. The quantitative estimate of drug-likeness (QED) is 0.114. The van der Waals surface area contributed by atoms with E-state index in [2.05, 4.69) is 10.5 Å². The summed E-state index contributed by atoms with van der Waals surface area (Å²) in [5.41, 5.74) is 3.46. The number of ether oxygens (including phenoxy) is 1. The van der Waals surface area contributed by atoms with E-state index in [0.29, 0.717) is 31.8 Å². The van der Waals surface area contributed by atoms with Crippen LogP contribution in [0.2, 0.25) is 10.0 Å². The zero-order valence-corrected chi connectivity index (χ0v) is 20.3. The number of hydrazone groups is 1. The first kappa shape index (κ1) is 23.1. The van der Waals surface area contributed by atoms with Crippen molar-refractivity contribution in [3.8, 4) is 5.75 Å². The first-order valence-electron chi connectivity index (χ1n) is 10.5. The zero-order valence-electron chi connectivity index (χ0n) is 18.0. The highest BCUT2D eigenvalue weighted by Gasteiger charge is 2.20. The smallest absolute Gasteiger partial charge is 0.355 e. The summed E-state index contributed by atoms with van der Waals surface area (Å²) in [5.74, 6) is -0.660. The van der Waals surface area contributed by atoms with Crippen LogP contribution in [0.1, 0.15) is 25.6 Å². The van der Waals surface area contributed by atoms with Gasteiger partial charge in [-0.3, -0.25) is 4.79 Å². The Hall–Kier alpha value is -3.71. The number of esters is 1. The van der Waals surface area contributed by atoms with Gasteiger partial charge in [0, 0.05) is 26.2 Å². The van der Waals surface area contributed by atoms with Crippen LogP contribution in [0.15, 0.2) is 90.0 Å². The van der Waals surface area contributed by atoms with Gasteiger partial charge in [-0.05, 0) is 47.2 Å². The van der Waals surface area contributed by atoms with Gasteiger partial charge in [0.05, 0.1) is 11.2 Å². The molecule has 0 radical (unpaired) electrons. The molecule has 0 atom stereocenters. The highest BCUT2D eigenvalue weighted by molar-refractivity contribution is 7.21. The van der Waals surface area contributed by atoms with Crippen LogP contribution < -0.4 is 10.2 Å². The van der Waals surface area contributed by atoms with Gasteiger partial charge in [-0.15, -0.1) is 11.3 Å². The molecule has 1 N–H and O–H groups in total. The minimum Gasteiger partial charge on any atom is -0.422 e. The molecule has 0 bridgehead atoms. The minimum absolute atomic E-state index is 0.298. The average Bonchev–Trinajstić information content (AvgIpc) is 3.22. The van der Waals surface area contributed by atoms with Gasteiger partial charge in [-0.25, -0.2) is 10.2 Å². The summed E-state index contributed by atoms with van der Waals surface area (Å²) in [6.07, 6.45) is 1.46. The van der Waals surface area contributed by atoms with E-state index < -0.39 is 11.9 Å². The maximum atomic E-state index is 13.1. The fourth-order valence-corrected chi connectivity index (χ4v) is 5.12. The lowest BCUT2D eigenvalue weighted by molar-refractivity contribution is 0.0739. The lowest BCUT2D eigenvalue weighted by Crippen LogP contribution is -2.17. The Morgan fingerprint density at radius 1 is 0.857 bits per heavy atom. The normalized spacial score (nSPS) is 11.3. The monoisotopic (exact) mass is 518 g/mol. The van der Waals surface area contributed by atoms with E-state index in [1.165, 1.54) is 17.6 Å². The Kier molecular flexibility index (Phi) is 6.51. The second kappa shape index (κ2) is 9.88. The number of hydrogen-bond acceptors (Lipinski definition) is 5. The Balaban J connectivity index is 1.46. The number of rotatable bonds is 5. The van der Waals surface area contributed by atoms with Gasteiger partial charge < -0.3 is 4.74 Å². The summed E-state index contributed by atoms with van der Waals surface area (Å²) < 4.78 is 6.67. The molecule has 0 aliphatic rings. The molecule has 0 aliphatic heterocycles. The van der Waals surface area contributed by atoms with Crippen molar-refractivity contribution in [2.24, 2.45) is 5.10 Å². The van der Waals surface area contributed by atoms with Gasteiger partial charge in [0.1, 0.15) is 10.6 Å². The molecule has 5 rings (SSSR count). The van der Waals surface area contributed by atoms with E-state index >= 15 is 0 Å². The average molecular weight is 519 g/mol. The Morgan fingerprint density at radius 2 is 1.57 bits per heavy atom. The SMILES string of the molecule is O=C(N/N=C\c1c(OC(=O)c2sc3ccccc3c2Cl)ccc2ccccc12)c1ccc(Cl)cc1. The fraction of sp³-hybridized carbons (Fsp3) is 0. The van der Waals surface area contributed by atoms with E-state index in [9.17, 15) is 9.59 Å². The number of nitrogens with zero attached hydrogens (tertiary/aromatic N) is 1. The largest absolute Gasteiger partial charge is 0.422 e. The molecule has 8 heteroatoms. The van der Waals surface area contributed by atoms with Crippen LogP contribution in [0.4, 0.5) is 0 Å². The molecule has 0 aliphatic carbocycles. The molecule has 35 heavy (non-hydrogen) atoms. The molecule has 1 heterocycles. The van der Waals surface area contributed by atoms with Gasteiger partial charge in [0.25, 0.3) is 5.91 Å². The molecule has 172 valence electrons. The molecular weight excluding hydrogens is 503 g/mol. The molecular formula is C27H16Cl2N2O3S. The number of carbonyl (C=O) groups is 2. The van der Waals surface area contributed by atoms with Crippen LogP contribution >= 0.6 is 34.5 Å². The Bertz CT molecular complexity index is 1610. The predicted octanol–water partition coefficient (Wildman–Crippen LogP) is 7.34. The number of hydrogen-bond donors (Lipinski definition) is 1. The lowest BCUT2D eigenvalue weighted by atomic mass is 10.0. The summed E-state index contributed by atoms with van der Waals surface area (Å²) in [6.45, 7) is 0. The van der Waals surface area contributed by atoms with Crippen LogP contribution in [0.5, 0.6) is 5.75 Å². The van der Waals surface area contributed by atoms with Crippen LogP contribution in [0.25, 0.3) is 20.9 Å². The number of nitrogens with one attached hydrogen (secondary N) is 1. The molecule has 1 aromatic heterocycles. The maximum Gasteiger partial charge on any atom is 0.355 e. The van der Waals surface area contributed by atoms with Crippen LogP contribution in [0.3, 0.4) is 0 Å². The maximum absolute atomic E-state index is 13.1. The van der Waals surface area contributed by atoms with Crippen LogP contribution in [-0.2, 0) is 0 Å². The van der Waals surface area contributed by atoms with Crippen LogP contribution in [-0.4, -0.2) is 18.1 Å². The molecule has 0 spiro atoms. The van der Waals surface area contributed by atoms with Crippen molar-refractivity contribution in [2.75, 3.05) is 0 Å². The molecule has 0 saturated carbocycles. The van der Waals surface area contributed by atoms with Crippen LogP contribution in [0, 0.1) is 0 Å². The van der Waals surface area contributed by atoms with Crippen molar-refractivity contribution in [2.45, 2.75) is 0 Å². The van der Waals surface area contributed by atoms with E-state index in [1.807, 2.05) is 54.6 Å². The lowest BCUT2D eigenvalue weighted by Gasteiger charge is -2.10. The van der Waals surface area contributed by atoms with Gasteiger partial charge in [0.15, 0.2) is 0 Å². The highest BCUT2D eigenvalue weighted by atomic mass is 35.5. The van der Waals surface area contributed by atoms with Gasteiger partial charge in [-0.2, -0.15) is 5.10 Å². The van der Waals surface area contributed by atoms with Crippen molar-refractivity contribution < 1.29 is 14.3 Å². The summed E-state index contributed by atoms with van der Waals surface area (Å²) in [6, 6.07) is 25.2. The minimum atomic E-state index is -0.564. The van der Waals surface area contributed by atoms with Crippen molar-refractivity contribution in [3.05, 3.63) is 111 Å². The number of amides is 1. The van der Waals surface area contributed by atoms with E-state index in [0.717, 1.165) is 20.9 Å².